The molecule has 2 atom stereocenters. The lowest BCUT2D eigenvalue weighted by atomic mass is 10.0. The molecule has 0 aromatic carbocycles. The second-order valence-electron chi connectivity index (χ2n) is 15.1. The normalized spacial score (nSPS) is 12.7. The van der Waals surface area contributed by atoms with Gasteiger partial charge in [-0.15, -0.1) is 0 Å². The van der Waals surface area contributed by atoms with Crippen LogP contribution in [0.1, 0.15) is 232 Å². The highest BCUT2D eigenvalue weighted by atomic mass is 16.5. The molecule has 0 spiro atoms. The molecule has 0 aliphatic rings. The van der Waals surface area contributed by atoms with Crippen LogP contribution in [0.15, 0.2) is 12.2 Å². The summed E-state index contributed by atoms with van der Waals surface area (Å²) in [6.45, 7) is 4.94. The van der Waals surface area contributed by atoms with Crippen LogP contribution < -0.4 is 11.1 Å². The van der Waals surface area contributed by atoms with Gasteiger partial charge in [0.25, 0.3) is 0 Å². The van der Waals surface area contributed by atoms with Crippen molar-refractivity contribution in [3.63, 3.8) is 0 Å². The number of amides is 1. The molecular weight excluding hydrogens is 636 g/mol. The van der Waals surface area contributed by atoms with Crippen LogP contribution in [0.5, 0.6) is 0 Å². The quantitative estimate of drug-likeness (QED) is 0.0329. The molecule has 51 heavy (non-hydrogen) atoms. The van der Waals surface area contributed by atoms with E-state index in [1.807, 2.05) is 0 Å². The Kier molecular flexibility index (Phi) is 37.9. The van der Waals surface area contributed by atoms with E-state index in [0.717, 1.165) is 64.2 Å². The number of esters is 1. The van der Waals surface area contributed by atoms with Crippen molar-refractivity contribution in [2.45, 2.75) is 244 Å². The minimum Gasteiger partial charge on any atom is -0.480 e. The Bertz CT molecular complexity index is 817. The summed E-state index contributed by atoms with van der Waals surface area (Å²) in [5, 5.41) is 11.9. The van der Waals surface area contributed by atoms with Gasteiger partial charge in [-0.3, -0.25) is 9.59 Å². The third kappa shape index (κ3) is 36.3. The zero-order chi connectivity index (χ0) is 37.5. The molecule has 0 rings (SSSR count). The highest BCUT2D eigenvalue weighted by Crippen LogP contribution is 2.19. The highest BCUT2D eigenvalue weighted by molar-refractivity contribution is 5.83. The van der Waals surface area contributed by atoms with Crippen molar-refractivity contribution in [2.24, 2.45) is 5.73 Å². The smallest absolute Gasteiger partial charge is 0.326 e. The molecule has 1 amide bonds. The molecule has 0 aromatic rings. The third-order valence-corrected chi connectivity index (χ3v) is 10.1. The lowest BCUT2D eigenvalue weighted by molar-refractivity contribution is -0.150. The number of hydrogen-bond acceptors (Lipinski definition) is 5. The van der Waals surface area contributed by atoms with Crippen molar-refractivity contribution < 1.29 is 24.2 Å². The van der Waals surface area contributed by atoms with Crippen molar-refractivity contribution >= 4 is 17.8 Å². The van der Waals surface area contributed by atoms with Crippen molar-refractivity contribution in [3.8, 4) is 0 Å². The first-order valence-electron chi connectivity index (χ1n) is 22.0. The first-order valence-corrected chi connectivity index (χ1v) is 22.0. The Balaban J connectivity index is 4.29. The molecule has 0 aromatic heterocycles. The summed E-state index contributed by atoms with van der Waals surface area (Å²) in [6, 6.07) is -0.854. The predicted molar refractivity (Wildman–Crippen MR) is 216 cm³/mol. The standard InChI is InChI=1S/C44H84N2O5/c1-3-5-7-9-11-13-15-16-17-19-21-23-28-32-38-43(48)51-40(34-29-25-22-20-18-14-12-10-8-6-4-2)35-30-26-24-27-31-37-42(47)46-41(44(49)50)36-33-39-45/h15-16,40-41H,3-14,17-39,45H2,1-2H3,(H,46,47)(H,49,50)/b16-15-. The van der Waals surface area contributed by atoms with E-state index >= 15 is 0 Å². The van der Waals surface area contributed by atoms with Gasteiger partial charge in [0.1, 0.15) is 12.1 Å². The summed E-state index contributed by atoms with van der Waals surface area (Å²) in [5.41, 5.74) is 5.48. The molecular formula is C44H84N2O5. The molecule has 4 N–H and O–H groups in total. The number of unbranched alkanes of at least 4 members (excludes halogenated alkanes) is 24. The topological polar surface area (TPSA) is 119 Å². The second-order valence-corrected chi connectivity index (χ2v) is 15.1. The SMILES string of the molecule is CCCCCCC/C=C\CCCCCCCC(=O)OC(CCCCCCCCCCCCC)CCCCCCCC(=O)NC(CCCN)C(=O)O. The lowest BCUT2D eigenvalue weighted by Crippen LogP contribution is -2.40. The highest BCUT2D eigenvalue weighted by Gasteiger charge is 2.19. The van der Waals surface area contributed by atoms with Crippen LogP contribution in [0.3, 0.4) is 0 Å². The molecule has 0 bridgehead atoms. The molecule has 0 aliphatic heterocycles. The molecule has 0 fully saturated rings. The largest absolute Gasteiger partial charge is 0.480 e. The van der Waals surface area contributed by atoms with Crippen molar-refractivity contribution in [1.82, 2.24) is 5.32 Å². The monoisotopic (exact) mass is 721 g/mol. The fourth-order valence-corrected chi connectivity index (χ4v) is 6.74. The van der Waals surface area contributed by atoms with E-state index in [1.54, 1.807) is 0 Å². The van der Waals surface area contributed by atoms with Crippen LogP contribution in [-0.2, 0) is 19.1 Å². The Labute approximate surface area is 315 Å². The average Bonchev–Trinajstić information content (AvgIpc) is 3.11. The summed E-state index contributed by atoms with van der Waals surface area (Å²) in [7, 11) is 0. The van der Waals surface area contributed by atoms with Crippen LogP contribution in [0.2, 0.25) is 0 Å². The Morgan fingerprint density at radius 3 is 1.41 bits per heavy atom. The molecule has 2 unspecified atom stereocenters. The summed E-state index contributed by atoms with van der Waals surface area (Å²) < 4.78 is 6.04. The number of allylic oxidation sites excluding steroid dienone is 2. The number of nitrogens with one attached hydrogen (secondary N) is 1. The lowest BCUT2D eigenvalue weighted by Gasteiger charge is -2.18. The first-order chi connectivity index (χ1) is 24.9. The van der Waals surface area contributed by atoms with E-state index < -0.39 is 12.0 Å². The third-order valence-electron chi connectivity index (χ3n) is 10.1. The van der Waals surface area contributed by atoms with E-state index in [2.05, 4.69) is 31.3 Å². The van der Waals surface area contributed by atoms with E-state index in [4.69, 9.17) is 10.5 Å². The Hall–Kier alpha value is -1.89. The van der Waals surface area contributed by atoms with Crippen LogP contribution in [0.4, 0.5) is 0 Å². The van der Waals surface area contributed by atoms with Crippen LogP contribution in [0, 0.1) is 0 Å². The predicted octanol–water partition coefficient (Wildman–Crippen LogP) is 12.3. The van der Waals surface area contributed by atoms with Gasteiger partial charge < -0.3 is 20.9 Å². The van der Waals surface area contributed by atoms with Crippen molar-refractivity contribution in [2.75, 3.05) is 6.54 Å². The number of hydrogen-bond donors (Lipinski definition) is 3. The number of carboxylic acids is 1. The van der Waals surface area contributed by atoms with Gasteiger partial charge in [-0.25, -0.2) is 4.79 Å². The minimum atomic E-state index is -1.00. The molecule has 0 radical (unpaired) electrons. The van der Waals surface area contributed by atoms with Crippen LogP contribution in [0.25, 0.3) is 0 Å². The zero-order valence-electron chi connectivity index (χ0n) is 33.7. The number of rotatable bonds is 40. The average molecular weight is 721 g/mol. The van der Waals surface area contributed by atoms with E-state index in [0.29, 0.717) is 32.2 Å². The van der Waals surface area contributed by atoms with Gasteiger partial charge >= 0.3 is 11.9 Å². The van der Waals surface area contributed by atoms with E-state index in [-0.39, 0.29) is 18.0 Å². The zero-order valence-corrected chi connectivity index (χ0v) is 33.7. The molecule has 0 saturated carbocycles. The molecule has 0 saturated heterocycles. The number of carbonyl (C=O) groups excluding carboxylic acids is 2. The summed E-state index contributed by atoms with van der Waals surface area (Å²) in [5.74, 6) is -1.23. The number of aliphatic carboxylic acids is 1. The molecule has 7 nitrogen and oxygen atoms in total. The van der Waals surface area contributed by atoms with Gasteiger partial charge in [-0.1, -0.05) is 154 Å². The van der Waals surface area contributed by atoms with Crippen LogP contribution in [-0.4, -0.2) is 41.6 Å². The fraction of sp³-hybridized carbons (Fsp3) is 0.886. The van der Waals surface area contributed by atoms with Gasteiger partial charge in [0, 0.05) is 12.8 Å². The number of carboxylic acid groups (broad SMARTS) is 1. The van der Waals surface area contributed by atoms with E-state index in [9.17, 15) is 19.5 Å². The van der Waals surface area contributed by atoms with Gasteiger partial charge in [0.05, 0.1) is 0 Å². The Morgan fingerprint density at radius 1 is 0.549 bits per heavy atom. The van der Waals surface area contributed by atoms with Gasteiger partial charge in [0.2, 0.25) is 5.91 Å². The maximum Gasteiger partial charge on any atom is 0.326 e. The maximum atomic E-state index is 12.8. The molecule has 300 valence electrons. The van der Waals surface area contributed by atoms with Crippen LogP contribution >= 0.6 is 0 Å². The molecule has 0 aliphatic carbocycles. The van der Waals surface area contributed by atoms with Gasteiger partial charge in [0.15, 0.2) is 0 Å². The van der Waals surface area contributed by atoms with Gasteiger partial charge in [-0.2, -0.15) is 0 Å². The second kappa shape index (κ2) is 39.3. The minimum absolute atomic E-state index is 0.0155. The summed E-state index contributed by atoms with van der Waals surface area (Å²) in [6.07, 6.45) is 42.5. The maximum absolute atomic E-state index is 12.8. The Morgan fingerprint density at radius 2 is 0.961 bits per heavy atom. The number of carbonyl (C=O) groups is 3. The van der Waals surface area contributed by atoms with Crippen molar-refractivity contribution in [3.05, 3.63) is 12.2 Å². The summed E-state index contributed by atoms with van der Waals surface area (Å²) in [4.78, 5) is 36.3. The van der Waals surface area contributed by atoms with E-state index in [1.165, 1.54) is 128 Å². The fourth-order valence-electron chi connectivity index (χ4n) is 6.74. The number of nitrogens with two attached hydrogens (primary N) is 1. The molecule has 7 heteroatoms. The summed E-state index contributed by atoms with van der Waals surface area (Å²) >= 11 is 0. The van der Waals surface area contributed by atoms with Gasteiger partial charge in [-0.05, 0) is 83.6 Å². The van der Waals surface area contributed by atoms with Crippen molar-refractivity contribution in [1.29, 1.82) is 0 Å². The number of ether oxygens (including phenoxy) is 1. The first kappa shape index (κ1) is 49.1. The molecule has 0 heterocycles.